The van der Waals surface area contributed by atoms with Gasteiger partial charge in [0.05, 0.1) is 6.20 Å². The number of phosphoric acid groups is 3. The molecule has 0 aromatic carbocycles. The van der Waals surface area contributed by atoms with Gasteiger partial charge < -0.3 is 29.4 Å². The van der Waals surface area contributed by atoms with Gasteiger partial charge in [-0.1, -0.05) is 12.2 Å². The molecule has 0 saturated carbocycles. The van der Waals surface area contributed by atoms with Gasteiger partial charge in [-0.3, -0.25) is 14.1 Å². The summed E-state index contributed by atoms with van der Waals surface area (Å²) in [5.74, 6) is -5.34. The maximum Gasteiger partial charge on any atom is 0.490 e. The van der Waals surface area contributed by atoms with Crippen molar-refractivity contribution in [2.75, 3.05) is 13.3 Å². The van der Waals surface area contributed by atoms with E-state index < -0.39 is 76.8 Å². The van der Waals surface area contributed by atoms with Crippen LogP contribution in [0.25, 0.3) is 0 Å². The van der Waals surface area contributed by atoms with Crippen LogP contribution in [0.2, 0.25) is 0 Å². The fraction of sp³-hybridized carbons (Fsp3) is 0.600. The zero-order valence-electron chi connectivity index (χ0n) is 15.4. The van der Waals surface area contributed by atoms with Crippen molar-refractivity contribution in [3.63, 3.8) is 0 Å². The van der Waals surface area contributed by atoms with E-state index in [0.717, 1.165) is 0 Å². The molecular formula is C10H13F4N2O13P3S. The molecule has 6 atom stereocenters. The number of hydrogen-bond donors (Lipinski definition) is 6. The van der Waals surface area contributed by atoms with E-state index in [0.29, 0.717) is 0 Å². The van der Waals surface area contributed by atoms with Crippen LogP contribution in [-0.2, 0) is 31.6 Å². The molecule has 23 heteroatoms. The standard InChI is InChI=1S/C10H13F4N2O13P3S/c11-2-9(13)6(17)10(14,27-7(9)16-1-4(12)5(33)15-8(16)18)3-26-31(22,23)29-32(24,25)28-30(19,20)21/h1,6-7,17H,2-3H2,(H,22,23)(H,24,25)(H,15,18,33)(H2,19,20,21)/t6-,7-,9?,10-/m1/s1. The summed E-state index contributed by atoms with van der Waals surface area (Å²) in [5, 5.41) is 9.92. The van der Waals surface area contributed by atoms with E-state index in [-0.39, 0.29) is 10.8 Å². The van der Waals surface area contributed by atoms with Crippen LogP contribution < -0.4 is 5.69 Å². The Kier molecular flexibility index (Phi) is 8.01. The Balaban J connectivity index is 2.31. The molecule has 2 rings (SSSR count). The average molecular weight is 570 g/mol. The number of aliphatic hydroxyl groups excluding tert-OH is 1. The van der Waals surface area contributed by atoms with Crippen molar-refractivity contribution in [2.24, 2.45) is 0 Å². The van der Waals surface area contributed by atoms with Gasteiger partial charge >= 0.3 is 29.2 Å². The second-order valence-corrected chi connectivity index (χ2v) is 11.1. The minimum atomic E-state index is -6.00. The van der Waals surface area contributed by atoms with Gasteiger partial charge in [0.15, 0.2) is 18.1 Å². The molecule has 0 aliphatic carbocycles. The van der Waals surface area contributed by atoms with Crippen molar-refractivity contribution >= 4 is 35.7 Å². The maximum absolute atomic E-state index is 15.1. The predicted molar refractivity (Wildman–Crippen MR) is 95.4 cm³/mol. The summed E-state index contributed by atoms with van der Waals surface area (Å²) in [6, 6.07) is 0. The van der Waals surface area contributed by atoms with E-state index in [9.17, 15) is 37.3 Å². The third-order valence-electron chi connectivity index (χ3n) is 3.80. The molecule has 0 spiro atoms. The number of H-pyrrole nitrogens is 1. The third-order valence-corrected chi connectivity index (χ3v) is 7.88. The number of nitrogens with zero attached hydrogens (tertiary/aromatic N) is 1. The van der Waals surface area contributed by atoms with Crippen molar-refractivity contribution in [3.8, 4) is 0 Å². The van der Waals surface area contributed by atoms with Crippen molar-refractivity contribution < 1.29 is 73.8 Å². The Morgan fingerprint density at radius 1 is 1.18 bits per heavy atom. The van der Waals surface area contributed by atoms with Gasteiger partial charge in [0.1, 0.15) is 17.9 Å². The topological polar surface area (TPSA) is 227 Å². The van der Waals surface area contributed by atoms with Gasteiger partial charge in [-0.2, -0.15) is 8.62 Å². The number of rotatable bonds is 9. The van der Waals surface area contributed by atoms with Crippen LogP contribution in [-0.4, -0.2) is 65.1 Å². The Hall–Kier alpha value is -0.850. The molecule has 6 N–H and O–H groups in total. The lowest BCUT2D eigenvalue weighted by Gasteiger charge is -2.26. The highest BCUT2D eigenvalue weighted by Crippen LogP contribution is 2.66. The van der Waals surface area contributed by atoms with Crippen LogP contribution in [0.15, 0.2) is 11.0 Å². The summed E-state index contributed by atoms with van der Waals surface area (Å²) >= 11 is 4.42. The number of alkyl halides is 3. The molecule has 3 unspecified atom stereocenters. The van der Waals surface area contributed by atoms with E-state index >= 15 is 8.78 Å². The number of aromatic nitrogens is 2. The molecule has 190 valence electrons. The van der Waals surface area contributed by atoms with Gasteiger partial charge in [0.2, 0.25) is 5.67 Å². The third kappa shape index (κ3) is 6.43. The second kappa shape index (κ2) is 9.31. The highest BCUT2D eigenvalue weighted by molar-refractivity contribution is 7.71. The van der Waals surface area contributed by atoms with Crippen molar-refractivity contribution in [1.82, 2.24) is 9.55 Å². The second-order valence-electron chi connectivity index (χ2n) is 6.23. The zero-order valence-corrected chi connectivity index (χ0v) is 18.9. The molecule has 1 aliphatic rings. The number of phosphoric ester groups is 1. The van der Waals surface area contributed by atoms with Crippen LogP contribution in [0.4, 0.5) is 17.6 Å². The van der Waals surface area contributed by atoms with Gasteiger partial charge in [0.25, 0.3) is 5.85 Å². The van der Waals surface area contributed by atoms with Crippen LogP contribution in [0.3, 0.4) is 0 Å². The van der Waals surface area contributed by atoms with Crippen LogP contribution in [0, 0.1) is 10.5 Å². The summed E-state index contributed by atoms with van der Waals surface area (Å²) in [7, 11) is -17.7. The normalized spacial score (nSPS) is 31.8. The van der Waals surface area contributed by atoms with Crippen LogP contribution >= 0.6 is 35.7 Å². The van der Waals surface area contributed by atoms with E-state index in [2.05, 4.69) is 30.1 Å². The Morgan fingerprint density at radius 3 is 2.27 bits per heavy atom. The number of aliphatic hydroxyl groups is 1. The van der Waals surface area contributed by atoms with Crippen LogP contribution in [0.5, 0.6) is 0 Å². The minimum absolute atomic E-state index is 0.0555. The SMILES string of the molecule is O=c1[nH]c(=S)c(F)cn1[C@@H]1O[C@](F)(COP(=O)(O)OP(=O)(O)OP(=O)(O)O)[C@H](O)C1(F)CF. The van der Waals surface area contributed by atoms with E-state index in [4.69, 9.17) is 14.7 Å². The van der Waals surface area contributed by atoms with Gasteiger partial charge in [-0.15, -0.1) is 0 Å². The number of aromatic amines is 1. The van der Waals surface area contributed by atoms with Gasteiger partial charge in [-0.25, -0.2) is 36.1 Å². The molecule has 1 aliphatic heterocycles. The van der Waals surface area contributed by atoms with Crippen molar-refractivity contribution in [2.45, 2.75) is 23.9 Å². The van der Waals surface area contributed by atoms with Gasteiger partial charge in [0, 0.05) is 0 Å². The highest BCUT2D eigenvalue weighted by atomic mass is 32.1. The molecule has 0 amide bonds. The lowest BCUT2D eigenvalue weighted by atomic mass is 9.96. The molecular weight excluding hydrogens is 557 g/mol. The first kappa shape index (κ1) is 28.4. The van der Waals surface area contributed by atoms with E-state index in [1.807, 2.05) is 0 Å². The minimum Gasteiger partial charge on any atom is -0.383 e. The molecule has 1 aromatic heterocycles. The van der Waals surface area contributed by atoms with Crippen molar-refractivity contribution in [1.29, 1.82) is 0 Å². The van der Waals surface area contributed by atoms with Crippen molar-refractivity contribution in [3.05, 3.63) is 27.1 Å². The molecule has 33 heavy (non-hydrogen) atoms. The Morgan fingerprint density at radius 2 is 1.76 bits per heavy atom. The quantitative estimate of drug-likeness (QED) is 0.136. The monoisotopic (exact) mass is 570 g/mol. The number of ether oxygens (including phenoxy) is 1. The predicted octanol–water partition coefficient (Wildman–Crippen LogP) is 0.622. The van der Waals surface area contributed by atoms with E-state index in [1.165, 1.54) is 0 Å². The fourth-order valence-electron chi connectivity index (χ4n) is 2.49. The highest BCUT2D eigenvalue weighted by Gasteiger charge is 2.68. The molecule has 1 fully saturated rings. The first-order valence-electron chi connectivity index (χ1n) is 7.84. The maximum atomic E-state index is 15.1. The average Bonchev–Trinajstić information content (AvgIpc) is 2.82. The lowest BCUT2D eigenvalue weighted by Crippen LogP contribution is -2.50. The molecule has 15 nitrogen and oxygen atoms in total. The lowest BCUT2D eigenvalue weighted by molar-refractivity contribution is -0.205. The summed E-state index contributed by atoms with van der Waals surface area (Å²) < 4.78 is 105. The Labute approximate surface area is 184 Å². The number of nitrogens with one attached hydrogen (secondary N) is 1. The molecule has 0 radical (unpaired) electrons. The fourth-order valence-corrected chi connectivity index (χ4v) is 5.66. The summed E-state index contributed by atoms with van der Waals surface area (Å²) in [5.41, 5.74) is -5.26. The number of hydrogen-bond acceptors (Lipinski definition) is 10. The first-order chi connectivity index (χ1) is 14.8. The summed E-state index contributed by atoms with van der Waals surface area (Å²) in [6.07, 6.45) is -5.76. The summed E-state index contributed by atoms with van der Waals surface area (Å²) in [4.78, 5) is 48.8. The van der Waals surface area contributed by atoms with Crippen LogP contribution in [0.1, 0.15) is 6.23 Å². The smallest absolute Gasteiger partial charge is 0.383 e. The summed E-state index contributed by atoms with van der Waals surface area (Å²) in [6.45, 7) is -4.30. The number of halogens is 4. The molecule has 0 bridgehead atoms. The van der Waals surface area contributed by atoms with E-state index in [1.54, 1.807) is 4.98 Å². The molecule has 1 aromatic rings. The molecule has 2 heterocycles. The largest absolute Gasteiger partial charge is 0.490 e. The Bertz CT molecular complexity index is 1180. The zero-order chi connectivity index (χ0) is 25.6. The molecule has 1 saturated heterocycles. The van der Waals surface area contributed by atoms with Gasteiger partial charge in [-0.05, 0) is 0 Å². The first-order valence-corrected chi connectivity index (χ1v) is 12.8.